The summed E-state index contributed by atoms with van der Waals surface area (Å²) in [5, 5.41) is 13.2. The van der Waals surface area contributed by atoms with Crippen LogP contribution in [0.5, 0.6) is 46.0 Å². The van der Waals surface area contributed by atoms with Crippen LogP contribution in [0.2, 0.25) is 0 Å². The van der Waals surface area contributed by atoms with E-state index in [9.17, 15) is 14.7 Å². The highest BCUT2D eigenvalue weighted by Crippen LogP contribution is 2.53. The van der Waals surface area contributed by atoms with E-state index in [-0.39, 0.29) is 22.3 Å². The van der Waals surface area contributed by atoms with Crippen LogP contribution < -0.4 is 33.5 Å². The molecule has 0 fully saturated rings. The van der Waals surface area contributed by atoms with E-state index in [1.54, 1.807) is 21.3 Å². The molecule has 11 nitrogen and oxygen atoms in total. The first-order valence-corrected chi connectivity index (χ1v) is 20.5. The number of hydrogen-bond acceptors (Lipinski definition) is 10. The maximum atomic E-state index is 13.2. The van der Waals surface area contributed by atoms with E-state index in [0.717, 1.165) is 65.6 Å². The van der Waals surface area contributed by atoms with Crippen LogP contribution in [-0.4, -0.2) is 75.9 Å². The van der Waals surface area contributed by atoms with Crippen molar-refractivity contribution < 1.29 is 47.6 Å². The molecule has 4 aliphatic rings. The molecule has 0 aliphatic carbocycles. The Morgan fingerprint density at radius 3 is 2.24 bits per heavy atom. The molecular weight excluding hydrogens is 737 g/mol. The Morgan fingerprint density at radius 2 is 1.55 bits per heavy atom. The lowest BCUT2D eigenvalue weighted by Crippen LogP contribution is -2.63. The van der Waals surface area contributed by atoms with Crippen LogP contribution in [0.4, 0.5) is 0 Å². The van der Waals surface area contributed by atoms with Gasteiger partial charge < -0.3 is 42.8 Å². The lowest BCUT2D eigenvalue weighted by atomic mass is 9.84. The van der Waals surface area contributed by atoms with E-state index in [2.05, 4.69) is 38.1 Å². The first-order valence-electron chi connectivity index (χ1n) is 20.5. The van der Waals surface area contributed by atoms with E-state index in [1.807, 2.05) is 48.5 Å². The largest absolute Gasteiger partial charge is 0.544 e. The number of aliphatic carboxylic acids is 1. The zero-order valence-corrected chi connectivity index (χ0v) is 34.9. The van der Waals surface area contributed by atoms with Gasteiger partial charge in [0, 0.05) is 49.9 Å². The Labute approximate surface area is 342 Å². The summed E-state index contributed by atoms with van der Waals surface area (Å²) >= 11 is 0. The lowest BCUT2D eigenvalue weighted by Gasteiger charge is -2.51. The quantitative estimate of drug-likeness (QED) is 0.0649. The number of nitrogens with zero attached hydrogens (tertiary/aromatic N) is 2. The molecule has 6 bridgehead atoms. The number of rotatable bonds is 11. The second-order valence-electron chi connectivity index (χ2n) is 16.1. The molecule has 4 heterocycles. The summed E-state index contributed by atoms with van der Waals surface area (Å²) in [4.78, 5) is 28.3. The molecule has 0 N–H and O–H groups in total. The summed E-state index contributed by atoms with van der Waals surface area (Å²) in [5.41, 5.74) is 5.98. The van der Waals surface area contributed by atoms with Crippen molar-refractivity contribution in [3.63, 3.8) is 0 Å². The van der Waals surface area contributed by atoms with E-state index < -0.39 is 18.0 Å². The molecule has 0 aromatic heterocycles. The molecule has 0 spiro atoms. The van der Waals surface area contributed by atoms with Crippen molar-refractivity contribution in [3.8, 4) is 46.0 Å². The van der Waals surface area contributed by atoms with Crippen molar-refractivity contribution >= 4 is 11.9 Å². The molecule has 4 aromatic carbocycles. The Hall–Kier alpha value is -5.26. The van der Waals surface area contributed by atoms with E-state index in [0.29, 0.717) is 78.9 Å². The van der Waals surface area contributed by atoms with Crippen LogP contribution in [0.25, 0.3) is 0 Å². The number of benzene rings is 4. The number of carboxylic acid groups (broad SMARTS) is 1. The zero-order valence-electron chi connectivity index (χ0n) is 34.9. The Kier molecular flexibility index (Phi) is 12.2. The van der Waals surface area contributed by atoms with Crippen LogP contribution in [0.15, 0.2) is 60.7 Å². The smallest absolute Gasteiger partial charge is 0.308 e. The number of fused-ring (bicyclic) bond motifs is 2. The summed E-state index contributed by atoms with van der Waals surface area (Å²) in [5.74, 6) is 2.19. The molecule has 4 unspecified atom stereocenters. The first kappa shape index (κ1) is 40.9. The number of unbranched alkanes of at least 4 members (excludes halogenated alkanes) is 3. The molecule has 308 valence electrons. The van der Waals surface area contributed by atoms with Crippen LogP contribution >= 0.6 is 0 Å². The first-order chi connectivity index (χ1) is 28.0. The molecule has 11 heteroatoms. The number of likely N-dealkylation sites (N-methyl/N-ethyl adjacent to an activating group) is 2. The molecule has 0 saturated carbocycles. The zero-order chi connectivity index (χ0) is 41.1. The highest BCUT2D eigenvalue weighted by Gasteiger charge is 2.46. The third-order valence-electron chi connectivity index (χ3n) is 12.5. The van der Waals surface area contributed by atoms with Gasteiger partial charge in [0.1, 0.15) is 17.8 Å². The third-order valence-corrected chi connectivity index (χ3v) is 12.5. The van der Waals surface area contributed by atoms with Crippen molar-refractivity contribution in [2.45, 2.75) is 89.8 Å². The molecule has 8 rings (SSSR count). The van der Waals surface area contributed by atoms with Gasteiger partial charge in [-0.2, -0.15) is 0 Å². The minimum Gasteiger partial charge on any atom is -0.544 e. The summed E-state index contributed by atoms with van der Waals surface area (Å²) in [6.45, 7) is 4.90. The molecule has 0 amide bonds. The number of carboxylic acids is 1. The van der Waals surface area contributed by atoms with Gasteiger partial charge in [-0.05, 0) is 91.0 Å². The van der Waals surface area contributed by atoms with Crippen LogP contribution in [0.3, 0.4) is 0 Å². The third kappa shape index (κ3) is 8.07. The number of ether oxygens (including phenoxy) is 6. The van der Waals surface area contributed by atoms with Crippen molar-refractivity contribution in [2.24, 2.45) is 0 Å². The maximum Gasteiger partial charge on any atom is 0.308 e. The fourth-order valence-electron chi connectivity index (χ4n) is 9.31. The molecular formula is C47H56N2O9. The number of methoxy groups -OCH3 is 3. The second-order valence-corrected chi connectivity index (χ2v) is 16.1. The normalized spacial score (nSPS) is 20.3. The van der Waals surface area contributed by atoms with E-state index in [4.69, 9.17) is 28.4 Å². The fourth-order valence-corrected chi connectivity index (χ4v) is 9.31. The molecule has 0 saturated heterocycles. The SMILES string of the molecule is CCCCCCC(C(=O)[O-])[N+]1(C)CCc2cc(OC)c3cc2C1Cc1ccc(cc1)Oc1cc(ccc1OC)CC1c2c(cc(OC)c(OC(C)=O)c2O3)CCN1C. The van der Waals surface area contributed by atoms with Gasteiger partial charge in [-0.25, -0.2) is 0 Å². The number of carbonyl (C=O) groups excluding carboxylic acids is 2. The van der Waals surface area contributed by atoms with Gasteiger partial charge in [0.25, 0.3) is 0 Å². The van der Waals surface area contributed by atoms with Gasteiger partial charge in [0.05, 0.1) is 40.9 Å². The van der Waals surface area contributed by atoms with Gasteiger partial charge in [-0.1, -0.05) is 44.4 Å². The van der Waals surface area contributed by atoms with Crippen molar-refractivity contribution in [1.82, 2.24) is 4.90 Å². The second kappa shape index (κ2) is 17.3. The van der Waals surface area contributed by atoms with Gasteiger partial charge in [0.2, 0.25) is 5.75 Å². The Balaban J connectivity index is 1.48. The Bertz CT molecular complexity index is 2150. The molecule has 4 aliphatic heterocycles. The number of carbonyl (C=O) groups is 2. The fraction of sp³-hybridized carbons (Fsp3) is 0.447. The number of hydrogen-bond donors (Lipinski definition) is 0. The van der Waals surface area contributed by atoms with Crippen molar-refractivity contribution in [3.05, 3.63) is 94.0 Å². The summed E-state index contributed by atoms with van der Waals surface area (Å²) in [7, 11) is 8.95. The average molecular weight is 793 g/mol. The number of esters is 1. The predicted octanol–water partition coefficient (Wildman–Crippen LogP) is 7.68. The van der Waals surface area contributed by atoms with Gasteiger partial charge in [-0.15, -0.1) is 0 Å². The van der Waals surface area contributed by atoms with Crippen molar-refractivity contribution in [2.75, 3.05) is 48.5 Å². The highest BCUT2D eigenvalue weighted by molar-refractivity contribution is 5.74. The summed E-state index contributed by atoms with van der Waals surface area (Å²) in [6.07, 6.45) is 6.90. The summed E-state index contributed by atoms with van der Waals surface area (Å²) in [6, 6.07) is 18.8. The van der Waals surface area contributed by atoms with Crippen LogP contribution in [0.1, 0.15) is 91.4 Å². The lowest BCUT2D eigenvalue weighted by molar-refractivity contribution is -0.958. The topological polar surface area (TPSA) is 116 Å². The Morgan fingerprint density at radius 1 is 0.845 bits per heavy atom. The maximum absolute atomic E-state index is 13.2. The number of quaternary nitrogens is 1. The minimum atomic E-state index is -1.03. The van der Waals surface area contributed by atoms with Gasteiger partial charge in [0.15, 0.2) is 34.5 Å². The predicted molar refractivity (Wildman–Crippen MR) is 218 cm³/mol. The molecule has 0 radical (unpaired) electrons. The van der Waals surface area contributed by atoms with Gasteiger partial charge >= 0.3 is 5.97 Å². The van der Waals surface area contributed by atoms with E-state index in [1.165, 1.54) is 6.92 Å². The molecule has 58 heavy (non-hydrogen) atoms. The molecule has 4 atom stereocenters. The van der Waals surface area contributed by atoms with E-state index >= 15 is 0 Å². The van der Waals surface area contributed by atoms with Crippen LogP contribution in [-0.2, 0) is 35.3 Å². The van der Waals surface area contributed by atoms with Crippen molar-refractivity contribution in [1.29, 1.82) is 0 Å². The highest BCUT2D eigenvalue weighted by atomic mass is 16.6. The monoisotopic (exact) mass is 792 g/mol. The van der Waals surface area contributed by atoms with Crippen LogP contribution in [0, 0.1) is 0 Å². The minimum absolute atomic E-state index is 0.183. The average Bonchev–Trinajstić information content (AvgIpc) is 3.20. The summed E-state index contributed by atoms with van der Waals surface area (Å²) < 4.78 is 37.5. The molecule has 4 aromatic rings. The standard InChI is InChI=1S/C47H56N2O9/c1-8-9-10-11-12-37(47(51)52)49(4)22-20-32-26-40(54-6)42-28-35(32)38(49)24-30-13-16-34(17-14-30)57-41-25-31(15-18-39(41)53-5)23-36-44-33(19-21-48(36)3)27-43(55-7)45(46(44)58-42)56-29(2)50/h13-18,25-28,36-38H,8-12,19-24H2,1-7H3. The van der Waals surface area contributed by atoms with Gasteiger partial charge in [-0.3, -0.25) is 9.69 Å².